The number of para-hydroxylation sites is 1. The Bertz CT molecular complexity index is 1020. The highest BCUT2D eigenvalue weighted by Gasteiger charge is 2.27. The molecule has 0 saturated carbocycles. The van der Waals surface area contributed by atoms with Crippen LogP contribution in [0.5, 0.6) is 5.75 Å². The first-order valence-corrected chi connectivity index (χ1v) is 9.32. The van der Waals surface area contributed by atoms with Crippen LogP contribution in [0.15, 0.2) is 42.5 Å². The van der Waals surface area contributed by atoms with Gasteiger partial charge in [-0.25, -0.2) is 0 Å². The van der Waals surface area contributed by atoms with E-state index < -0.39 is 0 Å². The number of phenolic OH excluding ortho intramolecular Hbond substituents is 1. The number of hydrogen-bond acceptors (Lipinski definition) is 4. The fourth-order valence-corrected chi connectivity index (χ4v) is 3.82. The van der Waals surface area contributed by atoms with Crippen LogP contribution >= 0.6 is 0 Å². The largest absolute Gasteiger partial charge is 0.508 e. The second-order valence-corrected chi connectivity index (χ2v) is 7.38. The van der Waals surface area contributed by atoms with Gasteiger partial charge in [0.1, 0.15) is 5.75 Å². The minimum Gasteiger partial charge on any atom is -0.508 e. The van der Waals surface area contributed by atoms with Gasteiger partial charge in [0.15, 0.2) is 0 Å². The number of benzene rings is 2. The van der Waals surface area contributed by atoms with Crippen LogP contribution in [0.4, 0.5) is 0 Å². The Hall–Kier alpha value is -2.95. The van der Waals surface area contributed by atoms with Gasteiger partial charge in [-0.1, -0.05) is 18.2 Å². The first-order chi connectivity index (χ1) is 13.0. The van der Waals surface area contributed by atoms with Crippen LogP contribution in [0.3, 0.4) is 0 Å². The zero-order chi connectivity index (χ0) is 19.0. The fraction of sp³-hybridized carbons (Fsp3) is 0.318. The number of rotatable bonds is 3. The van der Waals surface area contributed by atoms with E-state index in [1.165, 1.54) is 0 Å². The van der Waals surface area contributed by atoms with Crippen molar-refractivity contribution in [1.29, 1.82) is 0 Å². The molecule has 0 aliphatic carbocycles. The molecule has 27 heavy (non-hydrogen) atoms. The summed E-state index contributed by atoms with van der Waals surface area (Å²) in [4.78, 5) is 14.9. The number of carbonyl (C=O) groups is 1. The summed E-state index contributed by atoms with van der Waals surface area (Å²) in [6, 6.07) is 13.1. The predicted molar refractivity (Wildman–Crippen MR) is 105 cm³/mol. The van der Waals surface area contributed by atoms with Crippen molar-refractivity contribution in [2.75, 3.05) is 13.1 Å². The summed E-state index contributed by atoms with van der Waals surface area (Å²) in [5.74, 6) is 0.770. The van der Waals surface area contributed by atoms with Crippen LogP contribution in [0.1, 0.15) is 33.6 Å². The molecule has 1 aliphatic rings. The van der Waals surface area contributed by atoms with Gasteiger partial charge in [-0.3, -0.25) is 4.79 Å². The van der Waals surface area contributed by atoms with Crippen LogP contribution < -0.4 is 0 Å². The van der Waals surface area contributed by atoms with E-state index in [4.69, 9.17) is 0 Å². The van der Waals surface area contributed by atoms with Crippen molar-refractivity contribution in [3.63, 3.8) is 0 Å². The van der Waals surface area contributed by atoms with Gasteiger partial charge in [-0.15, -0.1) is 0 Å². The van der Waals surface area contributed by atoms with Crippen molar-refractivity contribution in [3.8, 4) is 5.75 Å². The number of carbonyl (C=O) groups excluding carboxylic acids is 1. The second kappa shape index (κ2) is 6.99. The number of likely N-dealkylation sites (tertiary alicyclic amines) is 1. The van der Waals surface area contributed by atoms with E-state index in [2.05, 4.69) is 10.2 Å². The normalized spacial score (nSPS) is 16.8. The van der Waals surface area contributed by atoms with Crippen molar-refractivity contribution in [3.05, 3.63) is 64.8 Å². The highest BCUT2D eigenvalue weighted by Crippen LogP contribution is 2.27. The molecule has 0 radical (unpaired) electrons. The summed E-state index contributed by atoms with van der Waals surface area (Å²) in [5, 5.41) is 19.3. The number of aromatic nitrogens is 2. The minimum atomic E-state index is 0.0607. The van der Waals surface area contributed by atoms with E-state index in [1.807, 2.05) is 55.1 Å². The van der Waals surface area contributed by atoms with E-state index in [-0.39, 0.29) is 5.91 Å². The molecule has 2 aromatic carbocycles. The molecule has 2 heterocycles. The van der Waals surface area contributed by atoms with Crippen molar-refractivity contribution in [2.45, 2.75) is 26.7 Å². The number of aromatic hydroxyl groups is 1. The average Bonchev–Trinajstić information content (AvgIpc) is 3.14. The van der Waals surface area contributed by atoms with Crippen LogP contribution in [-0.2, 0) is 6.42 Å². The molecule has 1 amide bonds. The smallest absolute Gasteiger partial charge is 0.253 e. The maximum atomic E-state index is 13.0. The Morgan fingerprint density at radius 1 is 1.19 bits per heavy atom. The number of aryl methyl sites for hydroxylation is 2. The third-order valence-corrected chi connectivity index (χ3v) is 5.57. The molecule has 5 nitrogen and oxygen atoms in total. The van der Waals surface area contributed by atoms with Gasteiger partial charge < -0.3 is 10.0 Å². The standard InChI is InChI=1S/C22H23N3O2/c1-14-15(2)23-24-20-8-7-18(12-19(14)20)22(27)25-10-9-16(13-25)11-17-5-3-4-6-21(17)26/h3-8,12,16,26H,9-11,13H2,1-2H3. The Morgan fingerprint density at radius 2 is 2.00 bits per heavy atom. The van der Waals surface area contributed by atoms with Crippen LogP contribution in [-0.4, -0.2) is 39.2 Å². The molecular weight excluding hydrogens is 338 g/mol. The maximum Gasteiger partial charge on any atom is 0.253 e. The van der Waals surface area contributed by atoms with Gasteiger partial charge in [0.05, 0.1) is 11.2 Å². The van der Waals surface area contributed by atoms with E-state index in [0.29, 0.717) is 17.2 Å². The molecule has 4 rings (SSSR count). The highest BCUT2D eigenvalue weighted by molar-refractivity contribution is 5.98. The van der Waals surface area contributed by atoms with Crippen LogP contribution in [0.2, 0.25) is 0 Å². The van der Waals surface area contributed by atoms with Crippen LogP contribution in [0, 0.1) is 19.8 Å². The average molecular weight is 361 g/mol. The van der Waals surface area contributed by atoms with Crippen molar-refractivity contribution < 1.29 is 9.90 Å². The molecule has 3 aromatic rings. The SMILES string of the molecule is Cc1nnc2ccc(C(=O)N3CCC(Cc4ccccc4O)C3)cc2c1C. The lowest BCUT2D eigenvalue weighted by molar-refractivity contribution is 0.0787. The summed E-state index contributed by atoms with van der Waals surface area (Å²) in [6.45, 7) is 5.42. The Balaban J connectivity index is 1.51. The van der Waals surface area contributed by atoms with E-state index in [9.17, 15) is 9.90 Å². The summed E-state index contributed by atoms with van der Waals surface area (Å²) < 4.78 is 0. The monoisotopic (exact) mass is 361 g/mol. The number of fused-ring (bicyclic) bond motifs is 1. The van der Waals surface area contributed by atoms with E-state index in [0.717, 1.165) is 53.7 Å². The molecule has 1 saturated heterocycles. The predicted octanol–water partition coefficient (Wildman–Crippen LogP) is 3.66. The van der Waals surface area contributed by atoms with Crippen molar-refractivity contribution in [1.82, 2.24) is 15.1 Å². The molecule has 1 atom stereocenters. The lowest BCUT2D eigenvalue weighted by Gasteiger charge is -2.17. The Morgan fingerprint density at radius 3 is 2.81 bits per heavy atom. The number of phenols is 1. The second-order valence-electron chi connectivity index (χ2n) is 7.38. The topological polar surface area (TPSA) is 66.3 Å². The maximum absolute atomic E-state index is 13.0. The summed E-state index contributed by atoms with van der Waals surface area (Å²) in [6.07, 6.45) is 1.75. The lowest BCUT2D eigenvalue weighted by atomic mass is 9.98. The van der Waals surface area contributed by atoms with Gasteiger partial charge in [0.2, 0.25) is 0 Å². The summed E-state index contributed by atoms with van der Waals surface area (Å²) >= 11 is 0. The lowest BCUT2D eigenvalue weighted by Crippen LogP contribution is -2.29. The summed E-state index contributed by atoms with van der Waals surface area (Å²) in [5.41, 5.74) is 4.41. The van der Waals surface area contributed by atoms with Crippen LogP contribution in [0.25, 0.3) is 10.9 Å². The Kier molecular flexibility index (Phi) is 4.52. The molecule has 1 unspecified atom stereocenters. The van der Waals surface area contributed by atoms with Gasteiger partial charge in [-0.2, -0.15) is 10.2 Å². The number of amides is 1. The van der Waals surface area contributed by atoms with Crippen molar-refractivity contribution >= 4 is 16.8 Å². The third kappa shape index (κ3) is 3.37. The molecule has 138 valence electrons. The van der Waals surface area contributed by atoms with Gasteiger partial charge in [0.25, 0.3) is 5.91 Å². The van der Waals surface area contributed by atoms with Crippen molar-refractivity contribution in [2.24, 2.45) is 5.92 Å². The van der Waals surface area contributed by atoms with Gasteiger partial charge >= 0.3 is 0 Å². The Labute approximate surface area is 158 Å². The van der Waals surface area contributed by atoms with Gasteiger partial charge in [0, 0.05) is 24.0 Å². The molecule has 1 N–H and O–H groups in total. The quantitative estimate of drug-likeness (QED) is 0.773. The van der Waals surface area contributed by atoms with E-state index in [1.54, 1.807) is 6.07 Å². The minimum absolute atomic E-state index is 0.0607. The summed E-state index contributed by atoms with van der Waals surface area (Å²) in [7, 11) is 0. The van der Waals surface area contributed by atoms with Gasteiger partial charge in [-0.05, 0) is 68.0 Å². The first-order valence-electron chi connectivity index (χ1n) is 9.32. The molecule has 1 aliphatic heterocycles. The van der Waals surface area contributed by atoms with E-state index >= 15 is 0 Å². The number of nitrogens with zero attached hydrogens (tertiary/aromatic N) is 3. The molecule has 5 heteroatoms. The zero-order valence-corrected chi connectivity index (χ0v) is 15.6. The highest BCUT2D eigenvalue weighted by atomic mass is 16.3. The molecule has 1 fully saturated rings. The number of hydrogen-bond donors (Lipinski definition) is 1. The molecule has 1 aromatic heterocycles. The first kappa shape index (κ1) is 17.5. The zero-order valence-electron chi connectivity index (χ0n) is 15.6. The molecule has 0 spiro atoms. The third-order valence-electron chi connectivity index (χ3n) is 5.57. The molecular formula is C22H23N3O2. The molecule has 0 bridgehead atoms. The fourth-order valence-electron chi connectivity index (χ4n) is 3.82.